The number of amides is 1. The van der Waals surface area contributed by atoms with Crippen molar-refractivity contribution < 1.29 is 4.79 Å². The van der Waals surface area contributed by atoms with Gasteiger partial charge in [-0.25, -0.2) is 0 Å². The van der Waals surface area contributed by atoms with Gasteiger partial charge < -0.3 is 11.1 Å². The largest absolute Gasteiger partial charge is 0.356 e. The van der Waals surface area contributed by atoms with E-state index in [0.29, 0.717) is 13.0 Å². The van der Waals surface area contributed by atoms with Gasteiger partial charge in [0, 0.05) is 13.0 Å². The van der Waals surface area contributed by atoms with E-state index in [-0.39, 0.29) is 11.3 Å². The molecule has 0 aromatic rings. The van der Waals surface area contributed by atoms with Crippen molar-refractivity contribution in [3.05, 3.63) is 0 Å². The van der Waals surface area contributed by atoms with Crippen LogP contribution in [-0.4, -0.2) is 19.0 Å². The van der Waals surface area contributed by atoms with Crippen molar-refractivity contribution in [2.45, 2.75) is 52.4 Å². The highest BCUT2D eigenvalue weighted by Gasteiger charge is 2.20. The van der Waals surface area contributed by atoms with E-state index < -0.39 is 0 Å². The molecule has 1 aliphatic carbocycles. The normalized spacial score (nSPS) is 16.9. The van der Waals surface area contributed by atoms with E-state index in [4.69, 9.17) is 5.73 Å². The molecule has 0 atom stereocenters. The molecule has 1 aliphatic rings. The summed E-state index contributed by atoms with van der Waals surface area (Å²) >= 11 is 0. The highest BCUT2D eigenvalue weighted by molar-refractivity contribution is 5.75. The van der Waals surface area contributed by atoms with Gasteiger partial charge in [-0.2, -0.15) is 0 Å². The maximum atomic E-state index is 11.6. The van der Waals surface area contributed by atoms with Crippen LogP contribution in [0.5, 0.6) is 0 Å². The first kappa shape index (κ1) is 13.5. The monoisotopic (exact) mass is 226 g/mol. The van der Waals surface area contributed by atoms with Crippen LogP contribution in [0.1, 0.15) is 52.4 Å². The van der Waals surface area contributed by atoms with Crippen molar-refractivity contribution in [2.75, 3.05) is 13.1 Å². The Balaban J connectivity index is 2.08. The van der Waals surface area contributed by atoms with Crippen LogP contribution in [0.15, 0.2) is 0 Å². The number of rotatable bonds is 7. The minimum atomic E-state index is 0.197. The maximum Gasteiger partial charge on any atom is 0.220 e. The lowest BCUT2D eigenvalue weighted by Gasteiger charge is -2.26. The summed E-state index contributed by atoms with van der Waals surface area (Å²) in [6, 6.07) is 0. The van der Waals surface area contributed by atoms with Gasteiger partial charge in [0.1, 0.15) is 0 Å². The molecule has 94 valence electrons. The third kappa shape index (κ3) is 4.97. The van der Waals surface area contributed by atoms with Crippen molar-refractivity contribution >= 4 is 5.91 Å². The average molecular weight is 226 g/mol. The zero-order valence-electron chi connectivity index (χ0n) is 10.7. The molecular weight excluding hydrogens is 200 g/mol. The fraction of sp³-hybridized carbons (Fsp3) is 0.923. The fourth-order valence-corrected chi connectivity index (χ4v) is 2.01. The van der Waals surface area contributed by atoms with Crippen LogP contribution in [-0.2, 0) is 4.79 Å². The van der Waals surface area contributed by atoms with Crippen LogP contribution < -0.4 is 11.1 Å². The Hall–Kier alpha value is -0.570. The number of carbonyl (C=O) groups excluding carboxylic acids is 1. The van der Waals surface area contributed by atoms with E-state index in [2.05, 4.69) is 19.2 Å². The third-order valence-electron chi connectivity index (χ3n) is 3.66. The molecular formula is C13H26N2O. The predicted octanol–water partition coefficient (Wildman–Crippen LogP) is 2.06. The molecule has 0 unspecified atom stereocenters. The molecule has 0 aromatic carbocycles. The number of nitrogens with one attached hydrogen (secondary N) is 1. The Morgan fingerprint density at radius 3 is 2.56 bits per heavy atom. The van der Waals surface area contributed by atoms with Crippen LogP contribution in [0.3, 0.4) is 0 Å². The molecule has 16 heavy (non-hydrogen) atoms. The zero-order chi connectivity index (χ0) is 12.0. The smallest absolute Gasteiger partial charge is 0.220 e. The van der Waals surface area contributed by atoms with Crippen LogP contribution in [0, 0.1) is 11.3 Å². The second kappa shape index (κ2) is 6.24. The van der Waals surface area contributed by atoms with Crippen LogP contribution in [0.4, 0.5) is 0 Å². The Morgan fingerprint density at radius 2 is 2.06 bits per heavy atom. The Labute approximate surface area is 99.2 Å². The number of carbonyl (C=O) groups is 1. The van der Waals surface area contributed by atoms with E-state index in [1.165, 1.54) is 19.3 Å². The molecule has 1 rings (SSSR count). The number of nitrogens with two attached hydrogens (primary N) is 1. The van der Waals surface area contributed by atoms with Gasteiger partial charge in [0.2, 0.25) is 5.91 Å². The van der Waals surface area contributed by atoms with E-state index in [9.17, 15) is 4.79 Å². The summed E-state index contributed by atoms with van der Waals surface area (Å²) in [6.07, 6.45) is 6.48. The topological polar surface area (TPSA) is 55.1 Å². The van der Waals surface area contributed by atoms with Gasteiger partial charge in [0.05, 0.1) is 0 Å². The summed E-state index contributed by atoms with van der Waals surface area (Å²) in [5.41, 5.74) is 5.74. The lowest BCUT2D eigenvalue weighted by molar-refractivity contribution is -0.122. The molecule has 0 bridgehead atoms. The Bertz CT molecular complexity index is 222. The Kier molecular flexibility index (Phi) is 5.26. The summed E-state index contributed by atoms with van der Waals surface area (Å²) in [7, 11) is 0. The molecule has 0 aliphatic heterocycles. The van der Waals surface area contributed by atoms with Crippen molar-refractivity contribution in [1.29, 1.82) is 0 Å². The van der Waals surface area contributed by atoms with Gasteiger partial charge in [-0.15, -0.1) is 0 Å². The fourth-order valence-electron chi connectivity index (χ4n) is 2.01. The molecule has 3 N–H and O–H groups in total. The standard InChI is InChI=1S/C13H26N2O/c1-13(2,8-9-14)7-6-12(16)15-10-11-4-3-5-11/h11H,3-10,14H2,1-2H3,(H,15,16). The SMILES string of the molecule is CC(C)(CCN)CCC(=O)NCC1CCC1. The quantitative estimate of drug-likeness (QED) is 0.698. The highest BCUT2D eigenvalue weighted by atomic mass is 16.1. The van der Waals surface area contributed by atoms with Crippen molar-refractivity contribution in [1.82, 2.24) is 5.32 Å². The maximum absolute atomic E-state index is 11.6. The first-order chi connectivity index (χ1) is 7.53. The summed E-state index contributed by atoms with van der Waals surface area (Å²) in [5.74, 6) is 0.956. The molecule has 1 saturated carbocycles. The summed E-state index contributed by atoms with van der Waals surface area (Å²) in [4.78, 5) is 11.6. The van der Waals surface area contributed by atoms with Gasteiger partial charge in [-0.1, -0.05) is 20.3 Å². The molecule has 3 nitrogen and oxygen atoms in total. The zero-order valence-corrected chi connectivity index (χ0v) is 10.7. The van der Waals surface area contributed by atoms with Crippen molar-refractivity contribution in [3.8, 4) is 0 Å². The first-order valence-electron chi connectivity index (χ1n) is 6.50. The Morgan fingerprint density at radius 1 is 1.38 bits per heavy atom. The van der Waals surface area contributed by atoms with E-state index in [1.54, 1.807) is 0 Å². The minimum Gasteiger partial charge on any atom is -0.356 e. The summed E-state index contributed by atoms with van der Waals surface area (Å²) in [6.45, 7) is 5.95. The lowest BCUT2D eigenvalue weighted by Crippen LogP contribution is -2.32. The first-order valence-corrected chi connectivity index (χ1v) is 6.50. The third-order valence-corrected chi connectivity index (χ3v) is 3.66. The molecule has 0 radical (unpaired) electrons. The van der Waals surface area contributed by atoms with Gasteiger partial charge in [-0.05, 0) is 43.6 Å². The van der Waals surface area contributed by atoms with E-state index in [0.717, 1.165) is 25.3 Å². The minimum absolute atomic E-state index is 0.197. The van der Waals surface area contributed by atoms with Crippen LogP contribution in [0.2, 0.25) is 0 Å². The van der Waals surface area contributed by atoms with Crippen LogP contribution in [0.25, 0.3) is 0 Å². The molecule has 0 aromatic heterocycles. The van der Waals surface area contributed by atoms with Crippen LogP contribution >= 0.6 is 0 Å². The lowest BCUT2D eigenvalue weighted by atomic mass is 9.84. The second-order valence-electron chi connectivity index (χ2n) is 5.80. The summed E-state index contributed by atoms with van der Waals surface area (Å²) < 4.78 is 0. The van der Waals surface area contributed by atoms with Gasteiger partial charge in [0.15, 0.2) is 0 Å². The predicted molar refractivity (Wildman–Crippen MR) is 67.0 cm³/mol. The molecule has 1 fully saturated rings. The van der Waals surface area contributed by atoms with Crippen molar-refractivity contribution in [2.24, 2.45) is 17.1 Å². The summed E-state index contributed by atoms with van der Waals surface area (Å²) in [5, 5.41) is 3.03. The van der Waals surface area contributed by atoms with E-state index in [1.807, 2.05) is 0 Å². The average Bonchev–Trinajstić information content (AvgIpc) is 2.12. The molecule has 1 amide bonds. The molecule has 0 spiro atoms. The van der Waals surface area contributed by atoms with Gasteiger partial charge in [0.25, 0.3) is 0 Å². The highest BCUT2D eigenvalue weighted by Crippen LogP contribution is 2.26. The van der Waals surface area contributed by atoms with Crippen molar-refractivity contribution in [3.63, 3.8) is 0 Å². The molecule has 0 saturated heterocycles. The molecule has 3 heteroatoms. The van der Waals surface area contributed by atoms with E-state index >= 15 is 0 Å². The number of hydrogen-bond acceptors (Lipinski definition) is 2. The van der Waals surface area contributed by atoms with Gasteiger partial charge in [-0.3, -0.25) is 4.79 Å². The molecule has 0 heterocycles. The van der Waals surface area contributed by atoms with Gasteiger partial charge >= 0.3 is 0 Å². The second-order valence-corrected chi connectivity index (χ2v) is 5.80. The number of hydrogen-bond donors (Lipinski definition) is 2.